The van der Waals surface area contributed by atoms with Gasteiger partial charge in [-0.2, -0.15) is 0 Å². The van der Waals surface area contributed by atoms with Crippen molar-refractivity contribution in [3.05, 3.63) is 0 Å². The van der Waals surface area contributed by atoms with Gasteiger partial charge in [0.05, 0.1) is 0 Å². The number of fused-ring (bicyclic) bond motifs is 2. The zero-order valence-electron chi connectivity index (χ0n) is 11.5. The lowest BCUT2D eigenvalue weighted by Gasteiger charge is -2.27. The molecule has 1 aliphatic heterocycles. The van der Waals surface area contributed by atoms with Crippen molar-refractivity contribution in [1.29, 1.82) is 0 Å². The van der Waals surface area contributed by atoms with E-state index in [0.717, 1.165) is 18.3 Å². The van der Waals surface area contributed by atoms with Crippen molar-refractivity contribution < 1.29 is 14.7 Å². The van der Waals surface area contributed by atoms with Gasteiger partial charge >= 0.3 is 5.97 Å². The van der Waals surface area contributed by atoms with Gasteiger partial charge in [-0.25, -0.2) is 4.79 Å². The maximum absolute atomic E-state index is 12.4. The highest BCUT2D eigenvalue weighted by Crippen LogP contribution is 2.49. The normalized spacial score (nSPS) is 40.9. The summed E-state index contributed by atoms with van der Waals surface area (Å²) in [4.78, 5) is 25.3. The van der Waals surface area contributed by atoms with Crippen LogP contribution in [0, 0.1) is 23.7 Å². The van der Waals surface area contributed by atoms with Crippen LogP contribution in [0.1, 0.15) is 45.4 Å². The Labute approximate surface area is 114 Å². The predicted octanol–water partition coefficient (Wildman–Crippen LogP) is 2.13. The molecule has 0 aromatic rings. The summed E-state index contributed by atoms with van der Waals surface area (Å²) in [5.41, 5.74) is 0. The minimum Gasteiger partial charge on any atom is -0.480 e. The first kappa shape index (κ1) is 12.9. The number of amides is 1. The lowest BCUT2D eigenvalue weighted by atomic mass is 9.86. The van der Waals surface area contributed by atoms with Gasteiger partial charge in [0.2, 0.25) is 5.91 Å². The minimum atomic E-state index is -0.841. The molecular weight excluding hydrogens is 242 g/mol. The first-order valence-electron chi connectivity index (χ1n) is 7.58. The van der Waals surface area contributed by atoms with E-state index in [4.69, 9.17) is 0 Å². The molecule has 3 aliphatic rings. The highest BCUT2D eigenvalue weighted by atomic mass is 16.4. The molecule has 1 amide bonds. The molecule has 2 saturated carbocycles. The van der Waals surface area contributed by atoms with E-state index >= 15 is 0 Å². The maximum atomic E-state index is 12.4. The van der Waals surface area contributed by atoms with Gasteiger partial charge < -0.3 is 10.0 Å². The standard InChI is InChI=1S/C15H23NO3/c1-9-4-5-16(14(9)15(18)19)13(17)8-12-7-10-2-3-11(12)6-10/h9-12,14H,2-8H2,1H3,(H,18,19). The van der Waals surface area contributed by atoms with Gasteiger partial charge in [-0.15, -0.1) is 0 Å². The number of aliphatic carboxylic acids is 1. The highest BCUT2D eigenvalue weighted by Gasteiger charge is 2.43. The van der Waals surface area contributed by atoms with Crippen LogP contribution >= 0.6 is 0 Å². The van der Waals surface area contributed by atoms with Crippen molar-refractivity contribution in [2.24, 2.45) is 23.7 Å². The molecule has 2 aliphatic carbocycles. The number of rotatable bonds is 3. The molecule has 1 N–H and O–H groups in total. The summed E-state index contributed by atoms with van der Waals surface area (Å²) in [5.74, 6) is 1.42. The summed E-state index contributed by atoms with van der Waals surface area (Å²) in [5, 5.41) is 9.28. The lowest BCUT2D eigenvalue weighted by Crippen LogP contribution is -2.43. The second-order valence-electron chi connectivity index (χ2n) is 6.78. The summed E-state index contributed by atoms with van der Waals surface area (Å²) in [6.45, 7) is 2.56. The Kier molecular flexibility index (Phi) is 3.27. The Bertz CT molecular complexity index is 395. The van der Waals surface area contributed by atoms with Crippen molar-refractivity contribution in [2.75, 3.05) is 6.54 Å². The topological polar surface area (TPSA) is 57.6 Å². The van der Waals surface area contributed by atoms with Crippen LogP contribution in [0.4, 0.5) is 0 Å². The first-order valence-corrected chi connectivity index (χ1v) is 7.58. The largest absolute Gasteiger partial charge is 0.480 e. The number of carboxylic acid groups (broad SMARTS) is 1. The Morgan fingerprint density at radius 1 is 1.21 bits per heavy atom. The Hall–Kier alpha value is -1.06. The van der Waals surface area contributed by atoms with E-state index < -0.39 is 12.0 Å². The van der Waals surface area contributed by atoms with Crippen LogP contribution in [-0.2, 0) is 9.59 Å². The van der Waals surface area contributed by atoms with Crippen molar-refractivity contribution in [1.82, 2.24) is 4.90 Å². The van der Waals surface area contributed by atoms with Crippen LogP contribution in [-0.4, -0.2) is 34.5 Å². The van der Waals surface area contributed by atoms with Crippen LogP contribution in [0.5, 0.6) is 0 Å². The first-order chi connectivity index (χ1) is 9.06. The Balaban J connectivity index is 1.62. The lowest BCUT2D eigenvalue weighted by molar-refractivity contribution is -0.149. The molecule has 1 heterocycles. The number of nitrogens with zero attached hydrogens (tertiary/aromatic N) is 1. The van der Waals surface area contributed by atoms with E-state index in [1.165, 1.54) is 25.7 Å². The van der Waals surface area contributed by atoms with Gasteiger partial charge in [-0.3, -0.25) is 4.79 Å². The summed E-state index contributed by atoms with van der Waals surface area (Å²) < 4.78 is 0. The van der Waals surface area contributed by atoms with Crippen LogP contribution in [0.2, 0.25) is 0 Å². The SMILES string of the molecule is CC1CCN(C(=O)CC2CC3CCC2C3)C1C(=O)O. The molecule has 3 fully saturated rings. The zero-order valence-corrected chi connectivity index (χ0v) is 11.5. The van der Waals surface area contributed by atoms with Crippen molar-refractivity contribution in [2.45, 2.75) is 51.5 Å². The van der Waals surface area contributed by atoms with Crippen molar-refractivity contribution >= 4 is 11.9 Å². The molecule has 0 aromatic heterocycles. The van der Waals surface area contributed by atoms with E-state index in [-0.39, 0.29) is 11.8 Å². The molecule has 19 heavy (non-hydrogen) atoms. The molecule has 5 unspecified atom stereocenters. The summed E-state index contributed by atoms with van der Waals surface area (Å²) in [7, 11) is 0. The molecule has 0 radical (unpaired) electrons. The fraction of sp³-hybridized carbons (Fsp3) is 0.867. The van der Waals surface area contributed by atoms with Crippen LogP contribution < -0.4 is 0 Å². The number of carbonyl (C=O) groups excluding carboxylic acids is 1. The second kappa shape index (κ2) is 4.80. The van der Waals surface area contributed by atoms with Gasteiger partial charge in [0.1, 0.15) is 6.04 Å². The zero-order chi connectivity index (χ0) is 13.6. The predicted molar refractivity (Wildman–Crippen MR) is 70.5 cm³/mol. The Morgan fingerprint density at radius 3 is 2.58 bits per heavy atom. The molecule has 0 spiro atoms. The monoisotopic (exact) mass is 265 g/mol. The quantitative estimate of drug-likeness (QED) is 0.850. The van der Waals surface area contributed by atoms with E-state index in [9.17, 15) is 14.7 Å². The van der Waals surface area contributed by atoms with E-state index in [1.807, 2.05) is 6.92 Å². The molecule has 0 aromatic carbocycles. The Morgan fingerprint density at radius 2 is 2.00 bits per heavy atom. The number of carbonyl (C=O) groups is 2. The summed E-state index contributed by atoms with van der Waals surface area (Å²) >= 11 is 0. The van der Waals surface area contributed by atoms with Gasteiger partial charge in [-0.05, 0) is 49.4 Å². The van der Waals surface area contributed by atoms with E-state index in [0.29, 0.717) is 18.9 Å². The number of hydrogen-bond donors (Lipinski definition) is 1. The van der Waals surface area contributed by atoms with Gasteiger partial charge in [0.15, 0.2) is 0 Å². The molecule has 4 heteroatoms. The van der Waals surface area contributed by atoms with Crippen molar-refractivity contribution in [3.8, 4) is 0 Å². The fourth-order valence-electron chi connectivity index (χ4n) is 4.57. The van der Waals surface area contributed by atoms with Crippen LogP contribution in [0.25, 0.3) is 0 Å². The third-order valence-corrected chi connectivity index (χ3v) is 5.59. The smallest absolute Gasteiger partial charge is 0.326 e. The minimum absolute atomic E-state index is 0.0781. The van der Waals surface area contributed by atoms with Gasteiger partial charge in [0.25, 0.3) is 0 Å². The highest BCUT2D eigenvalue weighted by molar-refractivity contribution is 5.84. The van der Waals surface area contributed by atoms with Gasteiger partial charge in [-0.1, -0.05) is 13.3 Å². The average molecular weight is 265 g/mol. The summed E-state index contributed by atoms with van der Waals surface area (Å²) in [6, 6.07) is -0.592. The number of carboxylic acids is 1. The molecular formula is C15H23NO3. The molecule has 106 valence electrons. The third kappa shape index (κ3) is 2.26. The third-order valence-electron chi connectivity index (χ3n) is 5.59. The fourth-order valence-corrected chi connectivity index (χ4v) is 4.57. The van der Waals surface area contributed by atoms with E-state index in [2.05, 4.69) is 0 Å². The molecule has 4 nitrogen and oxygen atoms in total. The number of likely N-dealkylation sites (tertiary alicyclic amines) is 1. The molecule has 2 bridgehead atoms. The molecule has 1 saturated heterocycles. The van der Waals surface area contributed by atoms with E-state index in [1.54, 1.807) is 4.90 Å². The van der Waals surface area contributed by atoms with Gasteiger partial charge in [0, 0.05) is 13.0 Å². The summed E-state index contributed by atoms with van der Waals surface area (Å²) in [6.07, 6.45) is 6.51. The maximum Gasteiger partial charge on any atom is 0.326 e. The molecule has 3 rings (SSSR count). The van der Waals surface area contributed by atoms with Crippen LogP contribution in [0.3, 0.4) is 0 Å². The molecule has 5 atom stereocenters. The average Bonchev–Trinajstić information content (AvgIpc) is 3.02. The number of hydrogen-bond acceptors (Lipinski definition) is 2. The van der Waals surface area contributed by atoms with Crippen LogP contribution in [0.15, 0.2) is 0 Å². The second-order valence-corrected chi connectivity index (χ2v) is 6.78. The van der Waals surface area contributed by atoms with Crippen molar-refractivity contribution in [3.63, 3.8) is 0 Å².